The number of hydrogen-bond donors (Lipinski definition) is 1. The third-order valence-corrected chi connectivity index (χ3v) is 2.32. The van der Waals surface area contributed by atoms with Crippen LogP contribution in [0.3, 0.4) is 0 Å². The highest BCUT2D eigenvalue weighted by Crippen LogP contribution is 2.19. The number of nitrogens with zero attached hydrogens (tertiary/aromatic N) is 1. The van der Waals surface area contributed by atoms with Crippen LogP contribution in [0.15, 0.2) is 24.3 Å². The summed E-state index contributed by atoms with van der Waals surface area (Å²) in [5.74, 6) is -0.417. The summed E-state index contributed by atoms with van der Waals surface area (Å²) in [5, 5.41) is 11.3. The van der Waals surface area contributed by atoms with E-state index in [1.807, 2.05) is 6.07 Å². The van der Waals surface area contributed by atoms with Crippen molar-refractivity contribution in [3.63, 3.8) is 0 Å². The summed E-state index contributed by atoms with van der Waals surface area (Å²) in [4.78, 5) is 11.5. The second kappa shape index (κ2) is 7.50. The number of carbonyl (C=O) groups excluding carboxylic acids is 1. The van der Waals surface area contributed by atoms with Gasteiger partial charge in [0.15, 0.2) is 0 Å². The highest BCUT2D eigenvalue weighted by atomic mass is 19.4. The van der Waals surface area contributed by atoms with Gasteiger partial charge in [0.1, 0.15) is 6.07 Å². The molecule has 0 atom stereocenters. The molecule has 20 heavy (non-hydrogen) atoms. The standard InChI is InChI=1S/C13H13F3N2O2/c14-13(15,16)6-8-20-7-5-12(19)18-11-4-2-1-3-10(11)9-17/h1-4H,5-8H2,(H,18,19). The SMILES string of the molecule is N#Cc1ccccc1NC(=O)CCOCCC(F)(F)F. The fraction of sp³-hybridized carbons (Fsp3) is 0.385. The van der Waals surface area contributed by atoms with Gasteiger partial charge >= 0.3 is 6.18 Å². The third-order valence-electron chi connectivity index (χ3n) is 2.32. The zero-order valence-electron chi connectivity index (χ0n) is 10.5. The first-order chi connectivity index (χ1) is 9.42. The maximum Gasteiger partial charge on any atom is 0.391 e. The average molecular weight is 286 g/mol. The van der Waals surface area contributed by atoms with Crippen molar-refractivity contribution in [1.82, 2.24) is 0 Å². The highest BCUT2D eigenvalue weighted by Gasteiger charge is 2.26. The number of anilines is 1. The first-order valence-electron chi connectivity index (χ1n) is 5.86. The Labute approximate surface area is 114 Å². The Morgan fingerprint density at radius 2 is 2.00 bits per heavy atom. The summed E-state index contributed by atoms with van der Waals surface area (Å²) >= 11 is 0. The molecule has 0 spiro atoms. The van der Waals surface area contributed by atoms with Gasteiger partial charge in [0, 0.05) is 0 Å². The fourth-order valence-electron chi connectivity index (χ4n) is 1.36. The summed E-state index contributed by atoms with van der Waals surface area (Å²) in [7, 11) is 0. The number of hydrogen-bond acceptors (Lipinski definition) is 3. The van der Waals surface area contributed by atoms with Crippen LogP contribution in [0.1, 0.15) is 18.4 Å². The lowest BCUT2D eigenvalue weighted by Gasteiger charge is -2.08. The van der Waals surface area contributed by atoms with Gasteiger partial charge in [-0.1, -0.05) is 12.1 Å². The molecule has 1 N–H and O–H groups in total. The Morgan fingerprint density at radius 1 is 1.30 bits per heavy atom. The molecule has 0 bridgehead atoms. The van der Waals surface area contributed by atoms with Crippen LogP contribution in [-0.2, 0) is 9.53 Å². The number of halogens is 3. The Balaban J connectivity index is 2.29. The van der Waals surface area contributed by atoms with Crippen LogP contribution in [0.2, 0.25) is 0 Å². The molecule has 1 amide bonds. The molecule has 1 aromatic rings. The van der Waals surface area contributed by atoms with Crippen LogP contribution in [0, 0.1) is 11.3 Å². The Kier molecular flexibility index (Phi) is 6.00. The topological polar surface area (TPSA) is 62.1 Å². The summed E-state index contributed by atoms with van der Waals surface area (Å²) in [6.07, 6.45) is -5.36. The van der Waals surface area contributed by atoms with Crippen LogP contribution in [-0.4, -0.2) is 25.3 Å². The number of benzene rings is 1. The first kappa shape index (κ1) is 16.0. The molecule has 0 unspecified atom stereocenters. The van der Waals surface area contributed by atoms with Crippen molar-refractivity contribution < 1.29 is 22.7 Å². The maximum absolute atomic E-state index is 11.8. The van der Waals surface area contributed by atoms with Crippen molar-refractivity contribution in [1.29, 1.82) is 5.26 Å². The van der Waals surface area contributed by atoms with E-state index < -0.39 is 25.1 Å². The summed E-state index contributed by atoms with van der Waals surface area (Å²) in [6, 6.07) is 8.37. The molecule has 0 aliphatic rings. The van der Waals surface area contributed by atoms with Gasteiger partial charge < -0.3 is 10.1 Å². The lowest BCUT2D eigenvalue weighted by molar-refractivity contribution is -0.145. The maximum atomic E-state index is 11.8. The van der Waals surface area contributed by atoms with E-state index in [9.17, 15) is 18.0 Å². The van der Waals surface area contributed by atoms with E-state index in [0.717, 1.165) is 0 Å². The Hall–Kier alpha value is -2.07. The minimum absolute atomic E-state index is 0.0718. The summed E-state index contributed by atoms with van der Waals surface area (Å²) in [6.45, 7) is -0.567. The van der Waals surface area contributed by atoms with Gasteiger partial charge in [0.05, 0.1) is 37.3 Å². The van der Waals surface area contributed by atoms with Crippen molar-refractivity contribution in [3.8, 4) is 6.07 Å². The molecule has 0 fully saturated rings. The summed E-state index contributed by atoms with van der Waals surface area (Å²) in [5.41, 5.74) is 0.689. The van der Waals surface area contributed by atoms with Gasteiger partial charge in [0.25, 0.3) is 0 Å². The Bertz CT molecular complexity index is 495. The van der Waals surface area contributed by atoms with Gasteiger partial charge in [-0.3, -0.25) is 4.79 Å². The molecule has 1 aromatic carbocycles. The van der Waals surface area contributed by atoms with Crippen molar-refractivity contribution in [2.75, 3.05) is 18.5 Å². The average Bonchev–Trinajstić information content (AvgIpc) is 2.37. The molecular formula is C13H13F3N2O2. The van der Waals surface area contributed by atoms with Gasteiger partial charge in [0.2, 0.25) is 5.91 Å². The quantitative estimate of drug-likeness (QED) is 0.818. The highest BCUT2D eigenvalue weighted by molar-refractivity contribution is 5.92. The molecule has 7 heteroatoms. The third kappa shape index (κ3) is 6.20. The second-order valence-corrected chi connectivity index (χ2v) is 3.93. The molecule has 0 aliphatic heterocycles. The number of para-hydroxylation sites is 1. The zero-order chi connectivity index (χ0) is 15.0. The molecule has 0 aromatic heterocycles. The predicted octanol–water partition coefficient (Wildman–Crippen LogP) is 2.86. The van der Waals surface area contributed by atoms with E-state index in [1.165, 1.54) is 0 Å². The second-order valence-electron chi connectivity index (χ2n) is 3.93. The van der Waals surface area contributed by atoms with E-state index in [2.05, 4.69) is 5.32 Å². The summed E-state index contributed by atoms with van der Waals surface area (Å²) < 4.78 is 40.2. The number of ether oxygens (including phenoxy) is 1. The number of nitrogens with one attached hydrogen (secondary N) is 1. The molecule has 0 saturated carbocycles. The lowest BCUT2D eigenvalue weighted by atomic mass is 10.2. The molecule has 4 nitrogen and oxygen atoms in total. The van der Waals surface area contributed by atoms with Crippen LogP contribution >= 0.6 is 0 Å². The molecular weight excluding hydrogens is 273 g/mol. The predicted molar refractivity (Wildman–Crippen MR) is 65.9 cm³/mol. The molecule has 0 aliphatic carbocycles. The minimum atomic E-state index is -4.26. The van der Waals surface area contributed by atoms with Crippen molar-refractivity contribution in [2.45, 2.75) is 19.0 Å². The molecule has 1 rings (SSSR count). The van der Waals surface area contributed by atoms with Crippen molar-refractivity contribution in [3.05, 3.63) is 29.8 Å². The van der Waals surface area contributed by atoms with Crippen LogP contribution in [0.5, 0.6) is 0 Å². The van der Waals surface area contributed by atoms with E-state index in [-0.39, 0.29) is 13.0 Å². The monoisotopic (exact) mass is 286 g/mol. The first-order valence-corrected chi connectivity index (χ1v) is 5.86. The fourth-order valence-corrected chi connectivity index (χ4v) is 1.36. The lowest BCUT2D eigenvalue weighted by Crippen LogP contribution is -2.16. The van der Waals surface area contributed by atoms with Crippen molar-refractivity contribution >= 4 is 11.6 Å². The number of rotatable bonds is 6. The molecule has 0 saturated heterocycles. The van der Waals surface area contributed by atoms with E-state index >= 15 is 0 Å². The largest absolute Gasteiger partial charge is 0.391 e. The number of nitriles is 1. The number of amides is 1. The zero-order valence-corrected chi connectivity index (χ0v) is 10.5. The van der Waals surface area contributed by atoms with E-state index in [4.69, 9.17) is 10.00 Å². The van der Waals surface area contributed by atoms with E-state index in [0.29, 0.717) is 11.3 Å². The van der Waals surface area contributed by atoms with Crippen LogP contribution in [0.4, 0.5) is 18.9 Å². The Morgan fingerprint density at radius 3 is 2.65 bits per heavy atom. The van der Waals surface area contributed by atoms with E-state index in [1.54, 1.807) is 24.3 Å². The smallest absolute Gasteiger partial charge is 0.381 e. The molecule has 0 heterocycles. The number of alkyl halides is 3. The molecule has 0 radical (unpaired) electrons. The van der Waals surface area contributed by atoms with Crippen LogP contribution in [0.25, 0.3) is 0 Å². The normalized spacial score (nSPS) is 10.9. The van der Waals surface area contributed by atoms with Crippen molar-refractivity contribution in [2.24, 2.45) is 0 Å². The molecule has 108 valence electrons. The van der Waals surface area contributed by atoms with Gasteiger partial charge in [-0.25, -0.2) is 0 Å². The van der Waals surface area contributed by atoms with Gasteiger partial charge in [-0.05, 0) is 12.1 Å². The minimum Gasteiger partial charge on any atom is -0.381 e. The van der Waals surface area contributed by atoms with Gasteiger partial charge in [-0.2, -0.15) is 18.4 Å². The number of carbonyl (C=O) groups is 1. The van der Waals surface area contributed by atoms with Crippen LogP contribution < -0.4 is 5.32 Å². The van der Waals surface area contributed by atoms with Gasteiger partial charge in [-0.15, -0.1) is 0 Å².